The van der Waals surface area contributed by atoms with Gasteiger partial charge in [-0.1, -0.05) is 54.6 Å². The van der Waals surface area contributed by atoms with Crippen molar-refractivity contribution in [2.24, 2.45) is 4.99 Å². The lowest BCUT2D eigenvalue weighted by molar-refractivity contribution is 0.0453. The van der Waals surface area contributed by atoms with Crippen LogP contribution < -0.4 is 10.6 Å². The first kappa shape index (κ1) is 25.4. The second-order valence-corrected chi connectivity index (χ2v) is 6.43. The van der Waals surface area contributed by atoms with Gasteiger partial charge in [-0.05, 0) is 37.0 Å². The van der Waals surface area contributed by atoms with Gasteiger partial charge in [-0.15, -0.1) is 24.0 Å². The lowest BCUT2D eigenvalue weighted by Crippen LogP contribution is -2.38. The van der Waals surface area contributed by atoms with Crippen molar-refractivity contribution >= 4 is 29.9 Å². The van der Waals surface area contributed by atoms with Crippen LogP contribution in [0.4, 0.5) is 0 Å². The maximum absolute atomic E-state index is 5.65. The third-order valence-corrected chi connectivity index (χ3v) is 4.15. The number of nitrogens with one attached hydrogen (secondary N) is 2. The first-order chi connectivity index (χ1) is 13.8. The van der Waals surface area contributed by atoms with Crippen LogP contribution in [0.1, 0.15) is 30.5 Å². The van der Waals surface area contributed by atoms with Crippen molar-refractivity contribution in [3.8, 4) is 0 Å². The average Bonchev–Trinajstić information content (AvgIpc) is 2.73. The number of hydrogen-bond acceptors (Lipinski definition) is 3. The molecule has 0 aliphatic carbocycles. The van der Waals surface area contributed by atoms with Gasteiger partial charge in [0.2, 0.25) is 0 Å². The van der Waals surface area contributed by atoms with Gasteiger partial charge in [-0.3, -0.25) is 0 Å². The lowest BCUT2D eigenvalue weighted by atomic mass is 10.1. The minimum Gasteiger partial charge on any atom is -0.379 e. The molecule has 0 saturated carbocycles. The smallest absolute Gasteiger partial charge is 0.191 e. The van der Waals surface area contributed by atoms with Crippen molar-refractivity contribution in [2.45, 2.75) is 33.4 Å². The highest BCUT2D eigenvalue weighted by atomic mass is 127. The number of benzene rings is 2. The molecule has 0 atom stereocenters. The Morgan fingerprint density at radius 3 is 2.34 bits per heavy atom. The van der Waals surface area contributed by atoms with E-state index in [0.29, 0.717) is 26.4 Å². The predicted molar refractivity (Wildman–Crippen MR) is 131 cm³/mol. The van der Waals surface area contributed by atoms with E-state index in [4.69, 9.17) is 14.5 Å². The van der Waals surface area contributed by atoms with E-state index >= 15 is 0 Å². The van der Waals surface area contributed by atoms with Crippen LogP contribution in [0.25, 0.3) is 0 Å². The van der Waals surface area contributed by atoms with Gasteiger partial charge in [0.15, 0.2) is 5.96 Å². The largest absolute Gasteiger partial charge is 0.379 e. The van der Waals surface area contributed by atoms with E-state index in [1.165, 1.54) is 11.1 Å². The summed E-state index contributed by atoms with van der Waals surface area (Å²) in [7, 11) is 0. The molecule has 0 radical (unpaired) electrons. The van der Waals surface area contributed by atoms with Gasteiger partial charge in [-0.2, -0.15) is 0 Å². The fourth-order valence-corrected chi connectivity index (χ4v) is 2.75. The van der Waals surface area contributed by atoms with Crippen molar-refractivity contribution in [2.75, 3.05) is 32.9 Å². The van der Waals surface area contributed by atoms with E-state index in [2.05, 4.69) is 66.1 Å². The van der Waals surface area contributed by atoms with Crippen LogP contribution >= 0.6 is 24.0 Å². The third-order valence-electron chi connectivity index (χ3n) is 4.15. The maximum atomic E-state index is 5.65. The summed E-state index contributed by atoms with van der Waals surface area (Å²) >= 11 is 0. The summed E-state index contributed by atoms with van der Waals surface area (Å²) in [6.07, 6.45) is 0.972. The molecule has 2 aromatic rings. The first-order valence-electron chi connectivity index (χ1n) is 10.1. The second kappa shape index (κ2) is 16.2. The summed E-state index contributed by atoms with van der Waals surface area (Å²) in [4.78, 5) is 4.71. The van der Waals surface area contributed by atoms with Crippen LogP contribution in [0.15, 0.2) is 59.6 Å². The predicted octanol–water partition coefficient (Wildman–Crippen LogP) is 4.16. The van der Waals surface area contributed by atoms with E-state index in [1.807, 2.05) is 13.0 Å². The summed E-state index contributed by atoms with van der Waals surface area (Å²) < 4.78 is 10.9. The second-order valence-electron chi connectivity index (χ2n) is 6.43. The summed E-state index contributed by atoms with van der Waals surface area (Å²) in [5.41, 5.74) is 3.65. The molecule has 6 heteroatoms. The minimum atomic E-state index is 0. The number of nitrogens with zero attached hydrogens (tertiary/aromatic N) is 1. The molecular weight excluding hydrogens is 477 g/mol. The van der Waals surface area contributed by atoms with Crippen LogP contribution in [0.2, 0.25) is 0 Å². The van der Waals surface area contributed by atoms with E-state index < -0.39 is 0 Å². The van der Waals surface area contributed by atoms with Crippen molar-refractivity contribution in [1.29, 1.82) is 0 Å². The Labute approximate surface area is 192 Å². The molecule has 0 fully saturated rings. The third kappa shape index (κ3) is 11.2. The Morgan fingerprint density at radius 2 is 1.59 bits per heavy atom. The maximum Gasteiger partial charge on any atom is 0.191 e. The van der Waals surface area contributed by atoms with Crippen LogP contribution in [0.5, 0.6) is 0 Å². The van der Waals surface area contributed by atoms with E-state index in [9.17, 15) is 0 Å². The SMILES string of the molecule is CCNC(=NCc1cccc(COCCOCC)c1)NCCc1ccccc1.I. The molecule has 160 valence electrons. The molecule has 2 aromatic carbocycles. The summed E-state index contributed by atoms with van der Waals surface area (Å²) in [6.45, 7) is 8.97. The zero-order valence-corrected chi connectivity index (χ0v) is 19.9. The number of hydrogen-bond donors (Lipinski definition) is 2. The van der Waals surface area contributed by atoms with Crippen LogP contribution in [0.3, 0.4) is 0 Å². The Morgan fingerprint density at radius 1 is 0.862 bits per heavy atom. The Bertz CT molecular complexity index is 696. The van der Waals surface area contributed by atoms with Gasteiger partial charge in [0, 0.05) is 19.7 Å². The van der Waals surface area contributed by atoms with E-state index in [1.54, 1.807) is 0 Å². The number of guanidine groups is 1. The number of aliphatic imine (C=N–C) groups is 1. The molecule has 2 rings (SSSR count). The monoisotopic (exact) mass is 511 g/mol. The zero-order chi connectivity index (χ0) is 19.9. The highest BCUT2D eigenvalue weighted by Crippen LogP contribution is 2.08. The van der Waals surface area contributed by atoms with Gasteiger partial charge in [0.05, 0.1) is 26.4 Å². The van der Waals surface area contributed by atoms with Gasteiger partial charge >= 0.3 is 0 Å². The molecule has 0 saturated heterocycles. The number of rotatable bonds is 12. The highest BCUT2D eigenvalue weighted by Gasteiger charge is 2.00. The molecule has 0 unspecified atom stereocenters. The topological polar surface area (TPSA) is 54.9 Å². The summed E-state index contributed by atoms with van der Waals surface area (Å²) in [5.74, 6) is 0.844. The quantitative estimate of drug-likeness (QED) is 0.195. The first-order valence-corrected chi connectivity index (χ1v) is 10.1. The zero-order valence-electron chi connectivity index (χ0n) is 17.5. The average molecular weight is 511 g/mol. The van der Waals surface area contributed by atoms with Gasteiger partial charge in [0.25, 0.3) is 0 Å². The summed E-state index contributed by atoms with van der Waals surface area (Å²) in [5, 5.41) is 6.72. The van der Waals surface area contributed by atoms with E-state index in [-0.39, 0.29) is 24.0 Å². The molecule has 0 heterocycles. The standard InChI is InChI=1S/C23H33N3O2.HI/c1-3-24-23(25-14-13-20-9-6-5-7-10-20)26-18-21-11-8-12-22(17-21)19-28-16-15-27-4-2;/h5-12,17H,3-4,13-16,18-19H2,1-2H3,(H2,24,25,26);1H. The van der Waals surface area contributed by atoms with Crippen molar-refractivity contribution < 1.29 is 9.47 Å². The Balaban J connectivity index is 0.00000420. The molecule has 5 nitrogen and oxygen atoms in total. The lowest BCUT2D eigenvalue weighted by Gasteiger charge is -2.11. The van der Waals surface area contributed by atoms with Crippen LogP contribution in [-0.2, 0) is 29.0 Å². The van der Waals surface area contributed by atoms with Crippen molar-refractivity contribution in [3.05, 3.63) is 71.3 Å². The normalized spacial score (nSPS) is 11.0. The van der Waals surface area contributed by atoms with Crippen molar-refractivity contribution in [1.82, 2.24) is 10.6 Å². The molecule has 2 N–H and O–H groups in total. The van der Waals surface area contributed by atoms with Crippen LogP contribution in [-0.4, -0.2) is 38.9 Å². The Kier molecular flexibility index (Phi) is 14.2. The van der Waals surface area contributed by atoms with Gasteiger partial charge in [-0.25, -0.2) is 4.99 Å². The van der Waals surface area contributed by atoms with Crippen LogP contribution in [0, 0.1) is 0 Å². The van der Waals surface area contributed by atoms with Gasteiger partial charge in [0.1, 0.15) is 0 Å². The fourth-order valence-electron chi connectivity index (χ4n) is 2.75. The highest BCUT2D eigenvalue weighted by molar-refractivity contribution is 14.0. The van der Waals surface area contributed by atoms with Gasteiger partial charge < -0.3 is 20.1 Å². The van der Waals surface area contributed by atoms with Crippen molar-refractivity contribution in [3.63, 3.8) is 0 Å². The van der Waals surface area contributed by atoms with E-state index in [0.717, 1.165) is 37.6 Å². The molecule has 0 amide bonds. The molecule has 0 spiro atoms. The molecule has 0 aromatic heterocycles. The molecule has 0 bridgehead atoms. The molecule has 29 heavy (non-hydrogen) atoms. The number of ether oxygens (including phenoxy) is 2. The molecular formula is C23H34IN3O2. The minimum absolute atomic E-state index is 0. The number of halogens is 1. The Hall–Kier alpha value is -1.64. The molecule has 0 aliphatic rings. The molecule has 0 aliphatic heterocycles. The fraction of sp³-hybridized carbons (Fsp3) is 0.435. The summed E-state index contributed by atoms with van der Waals surface area (Å²) in [6, 6.07) is 18.9.